The number of hydrogen-bond acceptors (Lipinski definition) is 5. The van der Waals surface area contributed by atoms with E-state index in [1.165, 1.54) is 18.1 Å². The van der Waals surface area contributed by atoms with Crippen LogP contribution in [-0.2, 0) is 31.9 Å². The molecule has 2 rings (SSSR count). The van der Waals surface area contributed by atoms with Gasteiger partial charge in [-0.3, -0.25) is 4.79 Å². The van der Waals surface area contributed by atoms with Crippen LogP contribution in [-0.4, -0.2) is 49.6 Å². The fourth-order valence-corrected chi connectivity index (χ4v) is 2.83. The molecule has 2 atom stereocenters. The van der Waals surface area contributed by atoms with Gasteiger partial charge in [-0.2, -0.15) is 0 Å². The number of nitrogens with two attached hydrogens (primary N) is 1. The fourth-order valence-electron chi connectivity index (χ4n) is 2.83. The number of carboxylic acid groups (broad SMARTS) is 1. The van der Waals surface area contributed by atoms with Gasteiger partial charge in [-0.25, -0.2) is 4.79 Å². The van der Waals surface area contributed by atoms with Gasteiger partial charge in [-0.1, -0.05) is 60.2 Å². The Bertz CT molecular complexity index is 761. The number of hydrogen-bond donors (Lipinski definition) is 3. The fraction of sp³-hybridized carbons (Fsp3) is 0.391. The molecule has 7 nitrogen and oxygen atoms in total. The SMILES string of the molecule is CC(=O)NC(Cc1ccccc1)C(=O)O.COC(OC)[C@H](N)Cc1ccc(C)cc1. The largest absolute Gasteiger partial charge is 0.480 e. The van der Waals surface area contributed by atoms with Crippen molar-refractivity contribution >= 4 is 11.9 Å². The monoisotopic (exact) mass is 416 g/mol. The van der Waals surface area contributed by atoms with Crippen molar-refractivity contribution < 1.29 is 24.2 Å². The molecule has 0 heterocycles. The molecule has 0 aliphatic carbocycles. The summed E-state index contributed by atoms with van der Waals surface area (Å²) in [4.78, 5) is 21.6. The lowest BCUT2D eigenvalue weighted by atomic mass is 10.0. The maximum absolute atomic E-state index is 10.8. The minimum atomic E-state index is -1.02. The second-order valence-corrected chi connectivity index (χ2v) is 6.97. The lowest BCUT2D eigenvalue weighted by Crippen LogP contribution is -2.41. The number of ether oxygens (including phenoxy) is 2. The van der Waals surface area contributed by atoms with E-state index in [9.17, 15) is 9.59 Å². The van der Waals surface area contributed by atoms with E-state index >= 15 is 0 Å². The molecule has 0 aliphatic rings. The Morgan fingerprint density at radius 1 is 0.967 bits per heavy atom. The molecule has 0 saturated heterocycles. The summed E-state index contributed by atoms with van der Waals surface area (Å²) < 4.78 is 10.2. The van der Waals surface area contributed by atoms with Crippen LogP contribution in [0.5, 0.6) is 0 Å². The van der Waals surface area contributed by atoms with E-state index in [0.717, 1.165) is 12.0 Å². The molecule has 0 aromatic heterocycles. The summed E-state index contributed by atoms with van der Waals surface area (Å²) in [6, 6.07) is 16.5. The highest BCUT2D eigenvalue weighted by Crippen LogP contribution is 2.08. The van der Waals surface area contributed by atoms with Crippen molar-refractivity contribution in [1.82, 2.24) is 5.32 Å². The molecule has 164 valence electrons. The lowest BCUT2D eigenvalue weighted by Gasteiger charge is -2.20. The Morgan fingerprint density at radius 2 is 1.50 bits per heavy atom. The Hall–Kier alpha value is -2.74. The first-order chi connectivity index (χ1) is 14.3. The van der Waals surface area contributed by atoms with Crippen LogP contribution >= 0.6 is 0 Å². The van der Waals surface area contributed by atoms with Crippen LogP contribution < -0.4 is 11.1 Å². The zero-order chi connectivity index (χ0) is 22.5. The molecule has 30 heavy (non-hydrogen) atoms. The number of nitrogens with one attached hydrogen (secondary N) is 1. The van der Waals surface area contributed by atoms with Crippen molar-refractivity contribution in [3.05, 3.63) is 71.3 Å². The summed E-state index contributed by atoms with van der Waals surface area (Å²) in [5, 5.41) is 11.3. The number of benzene rings is 2. The molecule has 0 aliphatic heterocycles. The van der Waals surface area contributed by atoms with Crippen LogP contribution in [0.2, 0.25) is 0 Å². The molecular formula is C23H32N2O5. The van der Waals surface area contributed by atoms with Crippen LogP contribution in [0.3, 0.4) is 0 Å². The normalized spacial score (nSPS) is 12.5. The maximum atomic E-state index is 10.8. The van der Waals surface area contributed by atoms with Gasteiger partial charge in [0.2, 0.25) is 5.91 Å². The van der Waals surface area contributed by atoms with Crippen LogP contribution in [0.25, 0.3) is 0 Å². The average Bonchev–Trinajstić information content (AvgIpc) is 2.71. The molecule has 7 heteroatoms. The highest BCUT2D eigenvalue weighted by molar-refractivity contribution is 5.82. The van der Waals surface area contributed by atoms with Crippen LogP contribution in [0, 0.1) is 6.92 Å². The molecule has 2 aromatic carbocycles. The van der Waals surface area contributed by atoms with E-state index < -0.39 is 12.0 Å². The number of carboxylic acids is 1. The van der Waals surface area contributed by atoms with Gasteiger partial charge >= 0.3 is 5.97 Å². The predicted molar refractivity (Wildman–Crippen MR) is 116 cm³/mol. The summed E-state index contributed by atoms with van der Waals surface area (Å²) in [5.41, 5.74) is 9.30. The van der Waals surface area contributed by atoms with Gasteiger partial charge in [0.25, 0.3) is 0 Å². The second-order valence-electron chi connectivity index (χ2n) is 6.97. The lowest BCUT2D eigenvalue weighted by molar-refractivity contribution is -0.141. The summed E-state index contributed by atoms with van der Waals surface area (Å²) in [5.74, 6) is -1.35. The topological polar surface area (TPSA) is 111 Å². The number of carbonyl (C=O) groups excluding carboxylic acids is 1. The minimum Gasteiger partial charge on any atom is -0.480 e. The van der Waals surface area contributed by atoms with Gasteiger partial charge in [0.05, 0.1) is 6.04 Å². The summed E-state index contributed by atoms with van der Waals surface area (Å²) >= 11 is 0. The maximum Gasteiger partial charge on any atom is 0.326 e. The van der Waals surface area contributed by atoms with Gasteiger partial charge in [0, 0.05) is 27.6 Å². The van der Waals surface area contributed by atoms with E-state index in [1.807, 2.05) is 30.3 Å². The summed E-state index contributed by atoms with van der Waals surface area (Å²) in [7, 11) is 3.20. The third kappa shape index (κ3) is 9.65. The number of aryl methyl sites for hydroxylation is 1. The van der Waals surface area contributed by atoms with Crippen LogP contribution in [0.4, 0.5) is 0 Å². The zero-order valence-corrected chi connectivity index (χ0v) is 18.0. The number of amides is 1. The Labute approximate surface area is 178 Å². The molecule has 0 saturated carbocycles. The Morgan fingerprint density at radius 3 is 1.97 bits per heavy atom. The van der Waals surface area contributed by atoms with Crippen molar-refractivity contribution in [2.45, 2.75) is 45.1 Å². The highest BCUT2D eigenvalue weighted by atomic mass is 16.7. The van der Waals surface area contributed by atoms with Crippen LogP contribution in [0.15, 0.2) is 54.6 Å². The van der Waals surface area contributed by atoms with E-state index in [2.05, 4.69) is 36.5 Å². The molecule has 4 N–H and O–H groups in total. The molecule has 1 amide bonds. The first-order valence-electron chi connectivity index (χ1n) is 9.67. The van der Waals surface area contributed by atoms with Gasteiger partial charge in [-0.15, -0.1) is 0 Å². The smallest absolute Gasteiger partial charge is 0.326 e. The van der Waals surface area contributed by atoms with Crippen molar-refractivity contribution in [2.75, 3.05) is 14.2 Å². The number of carbonyl (C=O) groups is 2. The molecule has 0 radical (unpaired) electrons. The van der Waals surface area contributed by atoms with Gasteiger partial charge in [0.1, 0.15) is 6.04 Å². The van der Waals surface area contributed by atoms with Gasteiger partial charge in [-0.05, 0) is 24.5 Å². The van der Waals surface area contributed by atoms with Crippen molar-refractivity contribution in [2.24, 2.45) is 5.73 Å². The summed E-state index contributed by atoms with van der Waals surface area (Å²) in [6.45, 7) is 3.37. The minimum absolute atomic E-state index is 0.136. The number of aliphatic carboxylic acids is 1. The Balaban J connectivity index is 0.000000300. The molecule has 0 bridgehead atoms. The molecule has 0 spiro atoms. The quantitative estimate of drug-likeness (QED) is 0.541. The van der Waals surface area contributed by atoms with Crippen LogP contribution in [0.1, 0.15) is 23.6 Å². The van der Waals surface area contributed by atoms with Crippen molar-refractivity contribution in [3.63, 3.8) is 0 Å². The summed E-state index contributed by atoms with van der Waals surface area (Å²) in [6.07, 6.45) is 0.717. The third-order valence-electron chi connectivity index (χ3n) is 4.36. The van der Waals surface area contributed by atoms with E-state index in [4.69, 9.17) is 20.3 Å². The first kappa shape index (κ1) is 25.3. The average molecular weight is 417 g/mol. The van der Waals surface area contributed by atoms with Crippen molar-refractivity contribution in [3.8, 4) is 0 Å². The third-order valence-corrected chi connectivity index (χ3v) is 4.36. The Kier molecular flexibility index (Phi) is 11.4. The second kappa shape index (κ2) is 13.5. The number of rotatable bonds is 9. The standard InChI is InChI=1S/C12H19NO2.C11H13NO3/c1-9-4-6-10(7-5-9)8-11(13)12(14-2)15-3;1-8(13)12-10(11(14)15)7-9-5-3-2-4-6-9/h4-7,11-12H,8,13H2,1-3H3;2-6,10H,7H2,1H3,(H,12,13)(H,14,15)/t11-;/m1./s1. The highest BCUT2D eigenvalue weighted by Gasteiger charge is 2.18. The van der Waals surface area contributed by atoms with Crippen molar-refractivity contribution in [1.29, 1.82) is 0 Å². The molecular weight excluding hydrogens is 384 g/mol. The van der Waals surface area contributed by atoms with Gasteiger partial charge < -0.3 is 25.6 Å². The van der Waals surface area contributed by atoms with Gasteiger partial charge in [0.15, 0.2) is 6.29 Å². The zero-order valence-electron chi connectivity index (χ0n) is 18.0. The number of methoxy groups -OCH3 is 2. The molecule has 2 aromatic rings. The van der Waals surface area contributed by atoms with E-state index in [-0.39, 0.29) is 18.2 Å². The molecule has 0 fully saturated rings. The molecule has 1 unspecified atom stereocenters. The van der Waals surface area contributed by atoms with E-state index in [0.29, 0.717) is 6.42 Å². The van der Waals surface area contributed by atoms with E-state index in [1.54, 1.807) is 14.2 Å². The first-order valence-corrected chi connectivity index (χ1v) is 9.67. The predicted octanol–water partition coefficient (Wildman–Crippen LogP) is 2.30.